The summed E-state index contributed by atoms with van der Waals surface area (Å²) in [7, 11) is 0. The standard InChI is InChI=1S/C29H28ClN7O2S/c1-2-20-25(30)24-26(33-20)35-29(40-19-13-22-21(32-14-19)9-6-11-31-22)36-27(24)37-12-10-18(15-37)28(39)34-23(16-38)17-7-4-3-5-8-17/h3-9,11,13-14,18,23,38H,2,10,12,15-16H2,1H3,(H,34,39)(H,33,35,36)/t18-,23+/m1/s1. The summed E-state index contributed by atoms with van der Waals surface area (Å²) in [5.41, 5.74) is 4.06. The van der Waals surface area contributed by atoms with Crippen molar-refractivity contribution in [2.75, 3.05) is 24.6 Å². The molecule has 5 heterocycles. The van der Waals surface area contributed by atoms with Gasteiger partial charge in [-0.05, 0) is 48.4 Å². The molecule has 5 aromatic rings. The molecule has 4 aromatic heterocycles. The number of halogens is 1. The Hall–Kier alpha value is -3.73. The van der Waals surface area contributed by atoms with Crippen molar-refractivity contribution in [3.05, 3.63) is 77.2 Å². The number of rotatable bonds is 8. The molecule has 0 bridgehead atoms. The topological polar surface area (TPSA) is 120 Å². The van der Waals surface area contributed by atoms with E-state index >= 15 is 0 Å². The minimum Gasteiger partial charge on any atom is -0.394 e. The third-order valence-corrected chi connectivity index (χ3v) is 8.41. The molecular weight excluding hydrogens is 546 g/mol. The number of fused-ring (bicyclic) bond motifs is 2. The van der Waals surface area contributed by atoms with Crippen molar-refractivity contribution in [3.63, 3.8) is 0 Å². The number of nitrogens with one attached hydrogen (secondary N) is 2. The van der Waals surface area contributed by atoms with E-state index in [1.807, 2.05) is 55.5 Å². The van der Waals surface area contributed by atoms with E-state index in [1.54, 1.807) is 12.4 Å². The maximum atomic E-state index is 13.2. The van der Waals surface area contributed by atoms with Crippen LogP contribution in [0, 0.1) is 5.92 Å². The maximum absolute atomic E-state index is 13.2. The number of aryl methyl sites for hydroxylation is 1. The molecule has 1 saturated heterocycles. The summed E-state index contributed by atoms with van der Waals surface area (Å²) in [6, 6.07) is 14.8. The van der Waals surface area contributed by atoms with E-state index in [1.165, 1.54) is 11.8 Å². The number of aliphatic hydroxyl groups excluding tert-OH is 1. The van der Waals surface area contributed by atoms with Crippen molar-refractivity contribution in [1.29, 1.82) is 0 Å². The monoisotopic (exact) mass is 573 g/mol. The van der Waals surface area contributed by atoms with Crippen molar-refractivity contribution in [2.45, 2.75) is 35.9 Å². The first-order valence-electron chi connectivity index (χ1n) is 13.2. The summed E-state index contributed by atoms with van der Waals surface area (Å²) >= 11 is 8.21. The number of carbonyl (C=O) groups excluding carboxylic acids is 1. The molecule has 40 heavy (non-hydrogen) atoms. The quantitative estimate of drug-likeness (QED) is 0.223. The first-order chi connectivity index (χ1) is 19.5. The molecule has 0 saturated carbocycles. The average molecular weight is 574 g/mol. The van der Waals surface area contributed by atoms with Gasteiger partial charge in [0.25, 0.3) is 0 Å². The Morgan fingerprint density at radius 1 is 1.20 bits per heavy atom. The number of aromatic amines is 1. The number of benzene rings is 1. The minimum atomic E-state index is -0.451. The SMILES string of the molecule is CCc1[nH]c2nc(Sc3cnc4cccnc4c3)nc(N3CC[C@@H](C(=O)N[C@@H](CO)c4ccccc4)C3)c2c1Cl. The fourth-order valence-corrected chi connectivity index (χ4v) is 6.17. The minimum absolute atomic E-state index is 0.0885. The Balaban J connectivity index is 1.28. The van der Waals surface area contributed by atoms with E-state index in [9.17, 15) is 9.90 Å². The van der Waals surface area contributed by atoms with Gasteiger partial charge in [0.05, 0.1) is 40.0 Å². The van der Waals surface area contributed by atoms with Gasteiger partial charge in [0.1, 0.15) is 11.5 Å². The Morgan fingerprint density at radius 3 is 2.85 bits per heavy atom. The lowest BCUT2D eigenvalue weighted by Gasteiger charge is -2.21. The molecule has 1 aliphatic rings. The van der Waals surface area contributed by atoms with Crippen LogP contribution >= 0.6 is 23.4 Å². The van der Waals surface area contributed by atoms with Crippen LogP contribution in [-0.4, -0.2) is 55.6 Å². The first-order valence-corrected chi connectivity index (χ1v) is 14.4. The summed E-state index contributed by atoms with van der Waals surface area (Å²) in [4.78, 5) is 38.2. The lowest BCUT2D eigenvalue weighted by molar-refractivity contribution is -0.125. The maximum Gasteiger partial charge on any atom is 0.225 e. The molecule has 1 fully saturated rings. The number of carbonyl (C=O) groups is 1. The van der Waals surface area contributed by atoms with Gasteiger partial charge in [0.15, 0.2) is 5.16 Å². The molecule has 1 aliphatic heterocycles. The predicted molar refractivity (Wildman–Crippen MR) is 157 cm³/mol. The average Bonchev–Trinajstić information content (AvgIpc) is 3.61. The summed E-state index contributed by atoms with van der Waals surface area (Å²) < 4.78 is 0. The van der Waals surface area contributed by atoms with Gasteiger partial charge in [-0.15, -0.1) is 0 Å². The van der Waals surface area contributed by atoms with Crippen LogP contribution in [-0.2, 0) is 11.2 Å². The number of H-pyrrole nitrogens is 1. The molecule has 1 amide bonds. The van der Waals surface area contributed by atoms with E-state index in [2.05, 4.69) is 25.2 Å². The van der Waals surface area contributed by atoms with Gasteiger partial charge in [-0.1, -0.05) is 48.9 Å². The van der Waals surface area contributed by atoms with Gasteiger partial charge < -0.3 is 20.3 Å². The van der Waals surface area contributed by atoms with Gasteiger partial charge in [0, 0.05) is 36.1 Å². The summed E-state index contributed by atoms with van der Waals surface area (Å²) in [6.07, 6.45) is 4.93. The summed E-state index contributed by atoms with van der Waals surface area (Å²) in [5, 5.41) is 14.9. The van der Waals surface area contributed by atoms with Crippen LogP contribution in [0.3, 0.4) is 0 Å². The summed E-state index contributed by atoms with van der Waals surface area (Å²) in [5.74, 6) is 0.366. The molecule has 2 atom stereocenters. The first kappa shape index (κ1) is 26.5. The largest absolute Gasteiger partial charge is 0.394 e. The Kier molecular flexibility index (Phi) is 7.55. The third-order valence-electron chi connectivity index (χ3n) is 7.17. The molecule has 0 unspecified atom stereocenters. The van der Waals surface area contributed by atoms with Gasteiger partial charge in [-0.3, -0.25) is 14.8 Å². The van der Waals surface area contributed by atoms with Crippen LogP contribution in [0.25, 0.3) is 22.1 Å². The number of hydrogen-bond acceptors (Lipinski definition) is 8. The molecule has 204 valence electrons. The number of nitrogens with zero attached hydrogens (tertiary/aromatic N) is 5. The lowest BCUT2D eigenvalue weighted by Crippen LogP contribution is -2.37. The van der Waals surface area contributed by atoms with Crippen LogP contribution in [0.1, 0.15) is 30.6 Å². The fourth-order valence-electron chi connectivity index (χ4n) is 5.06. The molecular formula is C29H28ClN7O2S. The number of amides is 1. The number of aliphatic hydroxyl groups is 1. The molecule has 11 heteroatoms. The molecule has 0 aliphatic carbocycles. The van der Waals surface area contributed by atoms with E-state index in [4.69, 9.17) is 21.6 Å². The van der Waals surface area contributed by atoms with E-state index in [0.29, 0.717) is 41.2 Å². The number of hydrogen-bond donors (Lipinski definition) is 3. The van der Waals surface area contributed by atoms with Gasteiger partial charge in [-0.25, -0.2) is 9.97 Å². The van der Waals surface area contributed by atoms with E-state index in [0.717, 1.165) is 39.0 Å². The van der Waals surface area contributed by atoms with Crippen LogP contribution in [0.2, 0.25) is 5.02 Å². The zero-order valence-corrected chi connectivity index (χ0v) is 23.4. The van der Waals surface area contributed by atoms with Gasteiger partial charge in [0.2, 0.25) is 5.91 Å². The van der Waals surface area contributed by atoms with Gasteiger partial charge >= 0.3 is 0 Å². The van der Waals surface area contributed by atoms with Crippen LogP contribution in [0.4, 0.5) is 5.82 Å². The predicted octanol–water partition coefficient (Wildman–Crippen LogP) is 4.94. The van der Waals surface area contributed by atoms with Crippen LogP contribution < -0.4 is 10.2 Å². The molecule has 3 N–H and O–H groups in total. The smallest absolute Gasteiger partial charge is 0.225 e. The molecule has 9 nitrogen and oxygen atoms in total. The number of aromatic nitrogens is 5. The van der Waals surface area contributed by atoms with E-state index < -0.39 is 6.04 Å². The molecule has 1 aromatic carbocycles. The van der Waals surface area contributed by atoms with Crippen molar-refractivity contribution >= 4 is 57.2 Å². The number of anilines is 1. The number of pyridine rings is 2. The summed E-state index contributed by atoms with van der Waals surface area (Å²) in [6.45, 7) is 3.00. The van der Waals surface area contributed by atoms with Gasteiger partial charge in [-0.2, -0.15) is 0 Å². The van der Waals surface area contributed by atoms with E-state index in [-0.39, 0.29) is 18.4 Å². The Morgan fingerprint density at radius 2 is 2.05 bits per heavy atom. The zero-order valence-electron chi connectivity index (χ0n) is 21.8. The highest BCUT2D eigenvalue weighted by Crippen LogP contribution is 2.38. The molecule has 6 rings (SSSR count). The second-order valence-corrected chi connectivity index (χ2v) is 11.1. The van der Waals surface area contributed by atoms with Crippen LogP contribution in [0.15, 0.2) is 71.0 Å². The lowest BCUT2D eigenvalue weighted by atomic mass is 10.0. The highest BCUT2D eigenvalue weighted by molar-refractivity contribution is 7.99. The zero-order chi connectivity index (χ0) is 27.6. The second-order valence-electron chi connectivity index (χ2n) is 9.73. The highest BCUT2D eigenvalue weighted by atomic mass is 35.5. The normalized spacial score (nSPS) is 16.1. The second kappa shape index (κ2) is 11.4. The van der Waals surface area contributed by atoms with Crippen molar-refractivity contribution < 1.29 is 9.90 Å². The fraction of sp³-hybridized carbons (Fsp3) is 0.276. The van der Waals surface area contributed by atoms with Crippen molar-refractivity contribution in [2.24, 2.45) is 5.92 Å². The Labute approximate surface area is 240 Å². The van der Waals surface area contributed by atoms with Crippen molar-refractivity contribution in [3.8, 4) is 0 Å². The molecule has 0 spiro atoms. The highest BCUT2D eigenvalue weighted by Gasteiger charge is 2.32. The Bertz CT molecular complexity index is 1680. The third kappa shape index (κ3) is 5.22. The van der Waals surface area contributed by atoms with Crippen LogP contribution in [0.5, 0.6) is 0 Å². The molecule has 0 radical (unpaired) electrons. The van der Waals surface area contributed by atoms with Crippen molar-refractivity contribution in [1.82, 2.24) is 30.2 Å².